The summed E-state index contributed by atoms with van der Waals surface area (Å²) >= 11 is 1.42. The molecule has 1 heterocycles. The topological polar surface area (TPSA) is 74.8 Å². The van der Waals surface area contributed by atoms with Gasteiger partial charge in [0.2, 0.25) is 5.91 Å². The fourth-order valence-electron chi connectivity index (χ4n) is 2.80. The summed E-state index contributed by atoms with van der Waals surface area (Å²) in [5.74, 6) is 0.0297. The second-order valence-corrected chi connectivity index (χ2v) is 7.85. The summed E-state index contributed by atoms with van der Waals surface area (Å²) in [6.45, 7) is 3.99. The Bertz CT molecular complexity index is 936. The lowest BCUT2D eigenvalue weighted by Crippen LogP contribution is -2.22. The zero-order chi connectivity index (χ0) is 19.9. The Labute approximate surface area is 169 Å². The highest BCUT2D eigenvalue weighted by Crippen LogP contribution is 2.26. The molecule has 1 amide bonds. The Morgan fingerprint density at radius 2 is 1.82 bits per heavy atom. The van der Waals surface area contributed by atoms with Crippen LogP contribution in [-0.2, 0) is 11.2 Å². The first kappa shape index (κ1) is 19.9. The first-order valence-electron chi connectivity index (χ1n) is 9.17. The highest BCUT2D eigenvalue weighted by atomic mass is 32.2. The average Bonchev–Trinajstić information content (AvgIpc) is 3.17. The third-order valence-corrected chi connectivity index (χ3v) is 5.32. The molecule has 2 N–H and O–H groups in total. The minimum atomic E-state index is -0.250. The number of imidazole rings is 1. The number of nitrogens with one attached hydrogen (secondary N) is 2. The highest BCUT2D eigenvalue weighted by Gasteiger charge is 2.18. The largest absolute Gasteiger partial charge is 0.356 e. The van der Waals surface area contributed by atoms with Crippen LogP contribution in [0.1, 0.15) is 29.8 Å². The van der Waals surface area contributed by atoms with Gasteiger partial charge in [-0.2, -0.15) is 0 Å². The van der Waals surface area contributed by atoms with E-state index >= 15 is 0 Å². The van der Waals surface area contributed by atoms with Crippen molar-refractivity contribution < 1.29 is 9.59 Å². The number of aromatic nitrogens is 2. The van der Waals surface area contributed by atoms with Crippen LogP contribution >= 0.6 is 11.8 Å². The van der Waals surface area contributed by atoms with Gasteiger partial charge in [-0.1, -0.05) is 66.4 Å². The lowest BCUT2D eigenvalue weighted by Gasteiger charge is -2.09. The highest BCUT2D eigenvalue weighted by molar-refractivity contribution is 8.00. The number of aromatic amines is 1. The maximum Gasteiger partial charge on any atom is 0.216 e. The molecule has 2 aromatic carbocycles. The number of Topliss-reactive ketones (excluding diaryl/α,β-unsaturated/α-hetero) is 1. The number of amides is 1. The molecule has 0 aliphatic rings. The van der Waals surface area contributed by atoms with Crippen LogP contribution in [0.15, 0.2) is 66.0 Å². The first-order valence-corrected chi connectivity index (χ1v) is 10.1. The molecule has 1 atom stereocenters. The predicted octanol–water partition coefficient (Wildman–Crippen LogP) is 4.12. The first-order chi connectivity index (χ1) is 13.5. The zero-order valence-electron chi connectivity index (χ0n) is 15.9. The van der Waals surface area contributed by atoms with Gasteiger partial charge in [0.15, 0.2) is 10.9 Å². The number of nitrogens with zero attached hydrogens (tertiary/aromatic N) is 1. The van der Waals surface area contributed by atoms with E-state index in [-0.39, 0.29) is 16.9 Å². The minimum absolute atomic E-state index is 0.0361. The van der Waals surface area contributed by atoms with Crippen molar-refractivity contribution in [1.29, 1.82) is 0 Å². The number of benzene rings is 2. The average molecular weight is 394 g/mol. The smallest absolute Gasteiger partial charge is 0.216 e. The summed E-state index contributed by atoms with van der Waals surface area (Å²) in [6.07, 6.45) is 2.53. The van der Waals surface area contributed by atoms with E-state index in [0.29, 0.717) is 12.1 Å². The second kappa shape index (κ2) is 9.37. The summed E-state index contributed by atoms with van der Waals surface area (Å²) in [5.41, 5.74) is 3.77. The molecular formula is C22H23N3O2S. The van der Waals surface area contributed by atoms with E-state index in [1.807, 2.05) is 61.5 Å². The summed E-state index contributed by atoms with van der Waals surface area (Å²) in [7, 11) is 0. The van der Waals surface area contributed by atoms with E-state index in [2.05, 4.69) is 15.3 Å². The second-order valence-electron chi connectivity index (χ2n) is 6.52. The molecule has 0 saturated carbocycles. The fourth-order valence-corrected chi connectivity index (χ4v) is 3.66. The standard InChI is InChI=1S/C22H23N3O2S/c1-15(28-22-24-14-20(25-22)18-6-4-3-5-7-18)21(27)19-10-8-17(9-11-19)12-13-23-16(2)26/h3-11,14-15H,12-13H2,1-2H3,(H,23,26)(H,24,25). The van der Waals surface area contributed by atoms with Crippen molar-refractivity contribution in [3.63, 3.8) is 0 Å². The number of ketones is 1. The van der Waals surface area contributed by atoms with E-state index in [0.717, 1.165) is 28.4 Å². The van der Waals surface area contributed by atoms with E-state index in [1.165, 1.54) is 18.7 Å². The van der Waals surface area contributed by atoms with Gasteiger partial charge in [0.05, 0.1) is 17.1 Å². The molecule has 3 aromatic rings. The van der Waals surface area contributed by atoms with E-state index in [9.17, 15) is 9.59 Å². The molecule has 0 radical (unpaired) electrons. The molecule has 3 rings (SSSR count). The number of carbonyl (C=O) groups is 2. The summed E-state index contributed by atoms with van der Waals surface area (Å²) in [4.78, 5) is 31.3. The van der Waals surface area contributed by atoms with Gasteiger partial charge in [-0.3, -0.25) is 9.59 Å². The summed E-state index contributed by atoms with van der Waals surface area (Å²) in [6, 6.07) is 17.5. The van der Waals surface area contributed by atoms with E-state index in [1.54, 1.807) is 6.20 Å². The van der Waals surface area contributed by atoms with Gasteiger partial charge in [-0.05, 0) is 24.5 Å². The zero-order valence-corrected chi connectivity index (χ0v) is 16.8. The van der Waals surface area contributed by atoms with Gasteiger partial charge in [0.25, 0.3) is 0 Å². The SMILES string of the molecule is CC(=O)NCCc1ccc(C(=O)C(C)Sc2ncc(-c3ccccc3)[nH]2)cc1. The Balaban J connectivity index is 1.58. The van der Waals surface area contributed by atoms with Crippen LogP contribution in [0.4, 0.5) is 0 Å². The molecule has 1 unspecified atom stereocenters. The number of H-pyrrole nitrogens is 1. The minimum Gasteiger partial charge on any atom is -0.356 e. The van der Waals surface area contributed by atoms with Crippen LogP contribution in [-0.4, -0.2) is 33.5 Å². The Hall–Kier alpha value is -2.86. The van der Waals surface area contributed by atoms with Crippen molar-refractivity contribution in [3.05, 3.63) is 71.9 Å². The van der Waals surface area contributed by atoms with Crippen LogP contribution in [0.2, 0.25) is 0 Å². The number of rotatable bonds is 8. The maximum atomic E-state index is 12.7. The Morgan fingerprint density at radius 3 is 2.50 bits per heavy atom. The van der Waals surface area contributed by atoms with Gasteiger partial charge in [-0.15, -0.1) is 0 Å². The molecule has 144 valence electrons. The van der Waals surface area contributed by atoms with E-state index in [4.69, 9.17) is 0 Å². The summed E-state index contributed by atoms with van der Waals surface area (Å²) in [5, 5.41) is 3.25. The van der Waals surface area contributed by atoms with Crippen molar-refractivity contribution in [2.24, 2.45) is 0 Å². The van der Waals surface area contributed by atoms with Crippen molar-refractivity contribution in [2.45, 2.75) is 30.7 Å². The fraction of sp³-hybridized carbons (Fsp3) is 0.227. The van der Waals surface area contributed by atoms with E-state index < -0.39 is 0 Å². The molecule has 0 aliphatic heterocycles. The number of carbonyl (C=O) groups excluding carboxylic acids is 2. The van der Waals surface area contributed by atoms with Crippen molar-refractivity contribution >= 4 is 23.5 Å². The monoisotopic (exact) mass is 393 g/mol. The molecule has 5 nitrogen and oxygen atoms in total. The molecule has 1 aromatic heterocycles. The number of thioether (sulfide) groups is 1. The summed E-state index contributed by atoms with van der Waals surface area (Å²) < 4.78 is 0. The van der Waals surface area contributed by atoms with Gasteiger partial charge in [0.1, 0.15) is 0 Å². The van der Waals surface area contributed by atoms with Crippen LogP contribution in [0.3, 0.4) is 0 Å². The van der Waals surface area contributed by atoms with Crippen LogP contribution < -0.4 is 5.32 Å². The molecule has 0 aliphatic carbocycles. The third-order valence-electron chi connectivity index (χ3n) is 4.32. The van der Waals surface area contributed by atoms with Crippen LogP contribution in [0, 0.1) is 0 Å². The van der Waals surface area contributed by atoms with Gasteiger partial charge in [-0.25, -0.2) is 4.98 Å². The molecule has 28 heavy (non-hydrogen) atoms. The molecule has 0 fully saturated rings. The lowest BCUT2D eigenvalue weighted by molar-refractivity contribution is -0.118. The molecular weight excluding hydrogens is 370 g/mol. The third kappa shape index (κ3) is 5.33. The predicted molar refractivity (Wildman–Crippen MR) is 113 cm³/mol. The number of hydrogen-bond acceptors (Lipinski definition) is 4. The Morgan fingerprint density at radius 1 is 1.11 bits per heavy atom. The Kier molecular flexibility index (Phi) is 6.66. The quantitative estimate of drug-likeness (QED) is 0.446. The molecule has 0 spiro atoms. The van der Waals surface area contributed by atoms with Crippen molar-refractivity contribution in [2.75, 3.05) is 6.54 Å². The van der Waals surface area contributed by atoms with Crippen LogP contribution in [0.25, 0.3) is 11.3 Å². The van der Waals surface area contributed by atoms with Crippen molar-refractivity contribution in [3.8, 4) is 11.3 Å². The van der Waals surface area contributed by atoms with Gasteiger partial charge < -0.3 is 10.3 Å². The lowest BCUT2D eigenvalue weighted by atomic mass is 10.0. The van der Waals surface area contributed by atoms with Gasteiger partial charge in [0, 0.05) is 19.0 Å². The normalized spacial score (nSPS) is 11.8. The van der Waals surface area contributed by atoms with Crippen LogP contribution in [0.5, 0.6) is 0 Å². The number of hydrogen-bond donors (Lipinski definition) is 2. The molecule has 0 saturated heterocycles. The van der Waals surface area contributed by atoms with Gasteiger partial charge >= 0.3 is 0 Å². The molecule has 0 bridgehead atoms. The molecule has 6 heteroatoms. The maximum absolute atomic E-state index is 12.7. The van der Waals surface area contributed by atoms with Crippen molar-refractivity contribution in [1.82, 2.24) is 15.3 Å².